The number of benzene rings is 8. The van der Waals surface area contributed by atoms with Gasteiger partial charge in [0.25, 0.3) is 0 Å². The molecule has 0 saturated carbocycles. The first-order chi connectivity index (χ1) is 58.9. The summed E-state index contributed by atoms with van der Waals surface area (Å²) in [5.74, 6) is 3.36. The van der Waals surface area contributed by atoms with Gasteiger partial charge in [-0.3, -0.25) is 14.8 Å². The number of allylic oxidation sites excluding steroid dienone is 4. The number of pyridine rings is 4. The van der Waals surface area contributed by atoms with Crippen molar-refractivity contribution < 1.29 is 34.6 Å². The summed E-state index contributed by atoms with van der Waals surface area (Å²) >= 11 is 1.75. The number of thioether (sulfide) groups is 1. The van der Waals surface area contributed by atoms with Crippen LogP contribution >= 0.6 is 11.8 Å². The topological polar surface area (TPSA) is 191 Å². The first-order valence-corrected chi connectivity index (χ1v) is 43.3. The third kappa shape index (κ3) is 26.6. The summed E-state index contributed by atoms with van der Waals surface area (Å²) < 4.78 is 17.2. The Morgan fingerprint density at radius 1 is 0.350 bits per heavy atom. The van der Waals surface area contributed by atoms with E-state index in [1.54, 1.807) is 60.3 Å². The average molecular weight is 1620 g/mol. The molecule has 120 heavy (non-hydrogen) atoms. The molecule has 2 aliphatic rings. The van der Waals surface area contributed by atoms with Crippen molar-refractivity contribution >= 4 is 56.3 Å². The Bertz CT molecular complexity index is 4800. The monoisotopic (exact) mass is 1620 g/mol. The molecule has 2 saturated heterocycles. The van der Waals surface area contributed by atoms with Gasteiger partial charge >= 0.3 is 0 Å². The van der Waals surface area contributed by atoms with Gasteiger partial charge in [0.1, 0.15) is 36.2 Å². The van der Waals surface area contributed by atoms with Crippen molar-refractivity contribution in [2.24, 2.45) is 0 Å². The largest absolute Gasteiger partial charge is 0.508 e. The lowest BCUT2D eigenvalue weighted by Crippen LogP contribution is -2.38. The molecule has 620 valence electrons. The van der Waals surface area contributed by atoms with Gasteiger partial charge in [-0.25, -0.2) is 15.0 Å². The minimum absolute atomic E-state index is 0.257. The molecule has 0 aliphatic carbocycles. The zero-order valence-electron chi connectivity index (χ0n) is 70.4. The molecule has 0 spiro atoms. The fraction of sp³-hybridized carbons (Fsp3) is 0.269. The van der Waals surface area contributed by atoms with Gasteiger partial charge in [0.15, 0.2) is 0 Å². The normalized spacial score (nSPS) is 13.7. The van der Waals surface area contributed by atoms with Gasteiger partial charge in [-0.05, 0) is 247 Å². The zero-order chi connectivity index (χ0) is 83.9. The van der Waals surface area contributed by atoms with Crippen LogP contribution in [0.1, 0.15) is 152 Å². The minimum atomic E-state index is 0.257. The molecule has 6 N–H and O–H groups in total. The molecule has 2 aliphatic heterocycles. The van der Waals surface area contributed by atoms with Crippen LogP contribution in [-0.2, 0) is 11.2 Å². The summed E-state index contributed by atoms with van der Waals surface area (Å²) in [7, 11) is 3.93. The highest BCUT2D eigenvalue weighted by Gasteiger charge is 2.21. The number of rotatable bonds is 32. The molecule has 0 unspecified atom stereocenters. The van der Waals surface area contributed by atoms with Crippen molar-refractivity contribution in [3.05, 3.63) is 364 Å². The summed E-state index contributed by atoms with van der Waals surface area (Å²) in [5, 5.41) is 46.4. The number of aromatic nitrogens is 4. The zero-order valence-corrected chi connectivity index (χ0v) is 71.2. The van der Waals surface area contributed by atoms with E-state index in [4.69, 9.17) is 19.2 Å². The van der Waals surface area contributed by atoms with Gasteiger partial charge < -0.3 is 45.3 Å². The molecule has 2 fully saturated rings. The van der Waals surface area contributed by atoms with Crippen molar-refractivity contribution in [3.63, 3.8) is 0 Å². The van der Waals surface area contributed by atoms with Gasteiger partial charge in [0, 0.05) is 103 Å². The second-order valence-corrected chi connectivity index (χ2v) is 30.5. The van der Waals surface area contributed by atoms with Crippen molar-refractivity contribution in [3.8, 4) is 34.8 Å². The highest BCUT2D eigenvalue weighted by Crippen LogP contribution is 2.40. The van der Waals surface area contributed by atoms with Crippen LogP contribution in [0, 0.1) is 0 Å². The van der Waals surface area contributed by atoms with Crippen LogP contribution < -0.4 is 20.1 Å². The Balaban J connectivity index is 0.000000157. The number of morpholine rings is 1. The molecule has 4 aromatic heterocycles. The molecular formula is C104H116N8O7S. The Morgan fingerprint density at radius 3 is 0.983 bits per heavy atom. The Labute approximate surface area is 715 Å². The molecule has 8 aromatic carbocycles. The lowest BCUT2D eigenvalue weighted by Gasteiger charge is -2.26. The molecule has 0 bridgehead atoms. The highest BCUT2D eigenvalue weighted by molar-refractivity contribution is 7.99. The van der Waals surface area contributed by atoms with Crippen LogP contribution in [0.15, 0.2) is 297 Å². The number of nitrogens with zero attached hydrogens (tertiary/aromatic N) is 6. The maximum Gasteiger partial charge on any atom is 0.213 e. The smallest absolute Gasteiger partial charge is 0.213 e. The predicted molar refractivity (Wildman–Crippen MR) is 495 cm³/mol. The standard InChI is InChI=1S/C28H32N2O2.C27H30N2O3.C25H28N2O.C24H26N2OS/c1-2-26(22-9-5-3-6-10-22)28(23-11-14-25(31)15-12-23)24-13-16-27(29-21-24)32-20-19-30-17-7-4-8-18-30;1-2-25(21-6-4-3-5-7-21)27(22-8-11-24(30)12-9-22)23-10-13-26(28-20-23)32-19-16-29-14-17-31-18-15-29;1-3-24(19-8-5-4-6-9-19)25(20-12-15-23(28)16-13-20)21-11-14-22(27-18-21)10-7-17-26-2;1-3-22(18-7-5-4-6-8-18)24(19-9-12-21(27)13-10-19)20-11-14-23(26-17-20)28-16-15-25-2/h3,5-6,9-16,21,31H,2,4,7-8,17-20H2,1H3;3-13,20,30H,2,14-19H2,1H3;4-6,8-9,11-16,18,26,28H,3,7,10,17H2,1-2H3;4-14,17,25,27H,3,15-16H2,1-2H3/b28-26-;27-25-;;24-22-. The molecule has 15 nitrogen and oxygen atoms in total. The van der Waals surface area contributed by atoms with Crippen molar-refractivity contribution in [1.29, 1.82) is 0 Å². The fourth-order valence-corrected chi connectivity index (χ4v) is 15.9. The highest BCUT2D eigenvalue weighted by atomic mass is 32.2. The molecule has 0 atom stereocenters. The van der Waals surface area contributed by atoms with Gasteiger partial charge in [-0.1, -0.05) is 216 Å². The van der Waals surface area contributed by atoms with Gasteiger partial charge in [0.2, 0.25) is 11.8 Å². The maximum atomic E-state index is 9.79. The van der Waals surface area contributed by atoms with E-state index in [-0.39, 0.29) is 23.0 Å². The summed E-state index contributed by atoms with van der Waals surface area (Å²) in [6.07, 6.45) is 17.3. The summed E-state index contributed by atoms with van der Waals surface area (Å²) in [4.78, 5) is 23.4. The van der Waals surface area contributed by atoms with E-state index < -0.39 is 0 Å². The lowest BCUT2D eigenvalue weighted by molar-refractivity contribution is 0.0320. The number of likely N-dealkylation sites (tertiary alicyclic amines) is 1. The number of nitrogens with one attached hydrogen (secondary N) is 2. The quantitative estimate of drug-likeness (QED) is 0.0132. The molecule has 14 rings (SSSR count). The number of hydrogen-bond acceptors (Lipinski definition) is 16. The minimum Gasteiger partial charge on any atom is -0.508 e. The Morgan fingerprint density at radius 2 is 0.675 bits per heavy atom. The van der Waals surface area contributed by atoms with E-state index >= 15 is 0 Å². The lowest BCUT2D eigenvalue weighted by atomic mass is 9.89. The average Bonchev–Trinajstić information content (AvgIpc) is 0.817. The molecule has 0 radical (unpaired) electrons. The van der Waals surface area contributed by atoms with E-state index in [0.29, 0.717) is 25.0 Å². The number of piperidine rings is 1. The third-order valence-corrected chi connectivity index (χ3v) is 22.2. The number of hydrogen-bond donors (Lipinski definition) is 6. The van der Waals surface area contributed by atoms with Crippen molar-refractivity contribution in [2.75, 3.05) is 98.6 Å². The van der Waals surface area contributed by atoms with E-state index in [1.807, 2.05) is 124 Å². The van der Waals surface area contributed by atoms with E-state index in [2.05, 4.69) is 197 Å². The van der Waals surface area contributed by atoms with Crippen LogP contribution in [0.25, 0.3) is 44.6 Å². The van der Waals surface area contributed by atoms with Gasteiger partial charge in [-0.2, -0.15) is 0 Å². The summed E-state index contributed by atoms with van der Waals surface area (Å²) in [6, 6.07) is 88.0. The van der Waals surface area contributed by atoms with Crippen LogP contribution in [0.3, 0.4) is 0 Å². The number of phenols is 4. The number of phenolic OH excluding ortho intramolecular Hbond substituents is 4. The first-order valence-electron chi connectivity index (χ1n) is 42.3. The van der Waals surface area contributed by atoms with Gasteiger partial charge in [-0.15, -0.1) is 11.8 Å². The van der Waals surface area contributed by atoms with Crippen LogP contribution in [0.5, 0.6) is 34.8 Å². The van der Waals surface area contributed by atoms with Crippen molar-refractivity contribution in [2.45, 2.75) is 90.5 Å². The molecule has 16 heteroatoms. The van der Waals surface area contributed by atoms with Crippen molar-refractivity contribution in [1.82, 2.24) is 40.4 Å². The Hall–Kier alpha value is -11.7. The fourth-order valence-electron chi connectivity index (χ4n) is 15.1. The van der Waals surface area contributed by atoms with E-state index in [0.717, 1.165) is 169 Å². The third-order valence-electron chi connectivity index (χ3n) is 21.3. The predicted octanol–water partition coefficient (Wildman–Crippen LogP) is 21.7. The second kappa shape index (κ2) is 48.4. The first kappa shape index (κ1) is 89.1. The second-order valence-electron chi connectivity index (χ2n) is 29.4. The van der Waals surface area contributed by atoms with E-state index in [1.165, 1.54) is 82.5 Å². The van der Waals surface area contributed by atoms with E-state index in [9.17, 15) is 20.4 Å². The Kier molecular flexibility index (Phi) is 35.9. The number of aromatic hydroxyl groups is 4. The summed E-state index contributed by atoms with van der Waals surface area (Å²) in [5.41, 5.74) is 24.0. The van der Waals surface area contributed by atoms with Gasteiger partial charge in [0.05, 0.1) is 18.2 Å². The molecule has 6 heterocycles. The van der Waals surface area contributed by atoms with Crippen LogP contribution in [0.2, 0.25) is 0 Å². The number of aryl methyl sites for hydroxylation is 1. The SMILES string of the molecule is CC/C(=C(\c1ccc(O)cc1)c1ccc(OCCN2CCCCC2)nc1)c1ccccc1.CC/C(=C(\c1ccc(O)cc1)c1ccc(OCCN2CCOCC2)nc1)c1ccccc1.CC/C(=C(\c1ccc(O)cc1)c1ccc(SCCNC)nc1)c1ccccc1.CCC(=C(c1ccc(O)cc1)c1ccc(CCCNC)nc1)c1ccccc1. The molecule has 12 aromatic rings. The van der Waals surface area contributed by atoms with Crippen LogP contribution in [0.4, 0.5) is 0 Å². The number of ether oxygens (including phenoxy) is 3. The molecular weight excluding hydrogens is 1510 g/mol. The molecule has 0 amide bonds. The van der Waals surface area contributed by atoms with Crippen LogP contribution in [-0.4, -0.2) is 149 Å². The summed E-state index contributed by atoms with van der Waals surface area (Å²) in [6.45, 7) is 19.6. The maximum absolute atomic E-state index is 9.79.